The molecule has 1 aromatic heterocycles. The standard InChI is InChI=1S/C11H18N4OS/c1-3-4-7-15(8-5-6-8)10(16)9-13-14-11(12-2)17-9/h8H,3-7H2,1-2H3,(H,12,14). The molecule has 0 unspecified atom stereocenters. The van der Waals surface area contributed by atoms with Crippen molar-refractivity contribution in [2.45, 2.75) is 38.6 Å². The van der Waals surface area contributed by atoms with Crippen molar-refractivity contribution in [1.29, 1.82) is 0 Å². The zero-order chi connectivity index (χ0) is 12.3. The summed E-state index contributed by atoms with van der Waals surface area (Å²) in [5, 5.41) is 11.9. The first-order valence-corrected chi connectivity index (χ1v) is 6.90. The second-order valence-electron chi connectivity index (χ2n) is 4.25. The summed E-state index contributed by atoms with van der Waals surface area (Å²) in [5.74, 6) is 0.0416. The van der Waals surface area contributed by atoms with E-state index in [-0.39, 0.29) is 5.91 Å². The maximum absolute atomic E-state index is 12.3. The molecule has 0 radical (unpaired) electrons. The molecule has 5 nitrogen and oxygen atoms in total. The summed E-state index contributed by atoms with van der Waals surface area (Å²) >= 11 is 1.32. The van der Waals surface area contributed by atoms with Crippen LogP contribution in [0.15, 0.2) is 0 Å². The SMILES string of the molecule is CCCCN(C(=O)c1nnc(NC)s1)C1CC1. The van der Waals surface area contributed by atoms with Crippen LogP contribution in [0, 0.1) is 0 Å². The lowest BCUT2D eigenvalue weighted by molar-refractivity contribution is 0.0739. The number of rotatable bonds is 6. The maximum Gasteiger partial charge on any atom is 0.285 e. The highest BCUT2D eigenvalue weighted by Crippen LogP contribution is 2.29. The van der Waals surface area contributed by atoms with E-state index in [4.69, 9.17) is 0 Å². The summed E-state index contributed by atoms with van der Waals surface area (Å²) < 4.78 is 0. The van der Waals surface area contributed by atoms with Crippen LogP contribution in [-0.4, -0.2) is 40.6 Å². The molecule has 0 aromatic carbocycles. The Morgan fingerprint density at radius 1 is 1.53 bits per heavy atom. The number of nitrogens with zero attached hydrogens (tertiary/aromatic N) is 3. The van der Waals surface area contributed by atoms with Crippen LogP contribution in [-0.2, 0) is 0 Å². The molecule has 1 saturated carbocycles. The molecule has 1 N–H and O–H groups in total. The molecule has 1 heterocycles. The van der Waals surface area contributed by atoms with Gasteiger partial charge in [0.2, 0.25) is 10.1 Å². The molecule has 0 atom stereocenters. The van der Waals surface area contributed by atoms with Crippen molar-refractivity contribution in [3.63, 3.8) is 0 Å². The van der Waals surface area contributed by atoms with Gasteiger partial charge in [-0.3, -0.25) is 4.79 Å². The normalized spacial score (nSPS) is 14.7. The molecule has 0 spiro atoms. The van der Waals surface area contributed by atoms with Gasteiger partial charge in [0.1, 0.15) is 0 Å². The number of carbonyl (C=O) groups excluding carboxylic acids is 1. The van der Waals surface area contributed by atoms with Crippen molar-refractivity contribution in [1.82, 2.24) is 15.1 Å². The first-order valence-electron chi connectivity index (χ1n) is 6.08. The summed E-state index contributed by atoms with van der Waals surface area (Å²) in [6.45, 7) is 2.98. The number of carbonyl (C=O) groups is 1. The van der Waals surface area contributed by atoms with Gasteiger partial charge in [0, 0.05) is 19.6 Å². The third-order valence-electron chi connectivity index (χ3n) is 2.82. The molecule has 17 heavy (non-hydrogen) atoms. The van der Waals surface area contributed by atoms with E-state index < -0.39 is 0 Å². The van der Waals surface area contributed by atoms with E-state index in [2.05, 4.69) is 22.4 Å². The monoisotopic (exact) mass is 254 g/mol. The Morgan fingerprint density at radius 3 is 2.82 bits per heavy atom. The Morgan fingerprint density at radius 2 is 2.29 bits per heavy atom. The molecular weight excluding hydrogens is 236 g/mol. The molecule has 2 rings (SSSR count). The minimum absolute atomic E-state index is 0.0416. The third kappa shape index (κ3) is 2.94. The van der Waals surface area contributed by atoms with Crippen molar-refractivity contribution in [2.75, 3.05) is 18.9 Å². The highest BCUT2D eigenvalue weighted by atomic mass is 32.1. The molecule has 1 fully saturated rings. The second kappa shape index (κ2) is 5.44. The van der Waals surface area contributed by atoms with Crippen molar-refractivity contribution < 1.29 is 4.79 Å². The van der Waals surface area contributed by atoms with Crippen LogP contribution in [0.25, 0.3) is 0 Å². The van der Waals surface area contributed by atoms with Crippen LogP contribution in [0.5, 0.6) is 0 Å². The quantitative estimate of drug-likeness (QED) is 0.843. The lowest BCUT2D eigenvalue weighted by Gasteiger charge is -2.20. The lowest BCUT2D eigenvalue weighted by atomic mass is 10.3. The first-order chi connectivity index (χ1) is 8.26. The number of aromatic nitrogens is 2. The second-order valence-corrected chi connectivity index (χ2v) is 5.22. The number of anilines is 1. The summed E-state index contributed by atoms with van der Waals surface area (Å²) in [5.41, 5.74) is 0. The highest BCUT2D eigenvalue weighted by Gasteiger charge is 2.33. The predicted molar refractivity (Wildman–Crippen MR) is 68.4 cm³/mol. The van der Waals surface area contributed by atoms with Crippen LogP contribution >= 0.6 is 11.3 Å². The zero-order valence-corrected chi connectivity index (χ0v) is 11.1. The third-order valence-corrected chi connectivity index (χ3v) is 3.75. The average Bonchev–Trinajstić information content (AvgIpc) is 3.06. The summed E-state index contributed by atoms with van der Waals surface area (Å²) in [7, 11) is 1.78. The van der Waals surface area contributed by atoms with Gasteiger partial charge in [0.25, 0.3) is 5.91 Å². The van der Waals surface area contributed by atoms with Gasteiger partial charge < -0.3 is 10.2 Å². The Labute approximate surface area is 105 Å². The van der Waals surface area contributed by atoms with Gasteiger partial charge in [-0.15, -0.1) is 10.2 Å². The van der Waals surface area contributed by atoms with E-state index in [1.807, 2.05) is 4.90 Å². The van der Waals surface area contributed by atoms with Crippen molar-refractivity contribution in [3.05, 3.63) is 5.01 Å². The lowest BCUT2D eigenvalue weighted by Crippen LogP contribution is -2.33. The molecule has 1 aliphatic carbocycles. The number of nitrogens with one attached hydrogen (secondary N) is 1. The Bertz CT molecular complexity index is 389. The van der Waals surface area contributed by atoms with Crippen LogP contribution in [0.1, 0.15) is 42.4 Å². The number of hydrogen-bond donors (Lipinski definition) is 1. The van der Waals surface area contributed by atoms with E-state index in [9.17, 15) is 4.79 Å². The minimum Gasteiger partial charge on any atom is -0.363 e. The van der Waals surface area contributed by atoms with E-state index in [0.717, 1.165) is 32.2 Å². The fourth-order valence-corrected chi connectivity index (χ4v) is 2.35. The van der Waals surface area contributed by atoms with E-state index >= 15 is 0 Å². The summed E-state index contributed by atoms with van der Waals surface area (Å²) in [6.07, 6.45) is 4.43. The smallest absolute Gasteiger partial charge is 0.285 e. The molecule has 0 aliphatic heterocycles. The Kier molecular flexibility index (Phi) is 3.93. The molecule has 1 aliphatic rings. The predicted octanol–water partition coefficient (Wildman–Crippen LogP) is 1.98. The fraction of sp³-hybridized carbons (Fsp3) is 0.727. The van der Waals surface area contributed by atoms with Crippen LogP contribution in [0.4, 0.5) is 5.13 Å². The largest absolute Gasteiger partial charge is 0.363 e. The fourth-order valence-electron chi connectivity index (χ4n) is 1.70. The molecule has 94 valence electrons. The van der Waals surface area contributed by atoms with Gasteiger partial charge in [0.15, 0.2) is 0 Å². The highest BCUT2D eigenvalue weighted by molar-refractivity contribution is 7.17. The maximum atomic E-state index is 12.3. The van der Waals surface area contributed by atoms with Gasteiger partial charge in [-0.2, -0.15) is 0 Å². The van der Waals surface area contributed by atoms with Crippen molar-refractivity contribution >= 4 is 22.4 Å². The molecular formula is C11H18N4OS. The van der Waals surface area contributed by atoms with Crippen molar-refractivity contribution in [3.8, 4) is 0 Å². The van der Waals surface area contributed by atoms with E-state index in [1.165, 1.54) is 11.3 Å². The molecule has 0 saturated heterocycles. The Balaban J connectivity index is 2.04. The summed E-state index contributed by atoms with van der Waals surface area (Å²) in [4.78, 5) is 14.2. The number of amides is 1. The van der Waals surface area contributed by atoms with Gasteiger partial charge in [-0.1, -0.05) is 24.7 Å². The molecule has 0 bridgehead atoms. The number of unbranched alkanes of at least 4 members (excludes halogenated alkanes) is 1. The van der Waals surface area contributed by atoms with Crippen LogP contribution < -0.4 is 5.32 Å². The first kappa shape index (κ1) is 12.3. The zero-order valence-electron chi connectivity index (χ0n) is 10.3. The average molecular weight is 254 g/mol. The van der Waals surface area contributed by atoms with Crippen molar-refractivity contribution in [2.24, 2.45) is 0 Å². The molecule has 1 aromatic rings. The minimum atomic E-state index is 0.0416. The van der Waals surface area contributed by atoms with Gasteiger partial charge in [0.05, 0.1) is 0 Å². The van der Waals surface area contributed by atoms with Gasteiger partial charge >= 0.3 is 0 Å². The van der Waals surface area contributed by atoms with Crippen LogP contribution in [0.3, 0.4) is 0 Å². The Hall–Kier alpha value is -1.17. The van der Waals surface area contributed by atoms with Gasteiger partial charge in [-0.05, 0) is 19.3 Å². The van der Waals surface area contributed by atoms with E-state index in [0.29, 0.717) is 16.2 Å². The van der Waals surface area contributed by atoms with Gasteiger partial charge in [-0.25, -0.2) is 0 Å². The molecule has 6 heteroatoms. The molecule has 1 amide bonds. The summed E-state index contributed by atoms with van der Waals surface area (Å²) in [6, 6.07) is 0.441. The number of hydrogen-bond acceptors (Lipinski definition) is 5. The topological polar surface area (TPSA) is 58.1 Å². The van der Waals surface area contributed by atoms with E-state index in [1.54, 1.807) is 7.05 Å². The van der Waals surface area contributed by atoms with Crippen LogP contribution in [0.2, 0.25) is 0 Å².